The molecule has 2 aliphatic rings. The molecule has 0 spiro atoms. The molecule has 2 aliphatic heterocycles. The number of carbonyl (C=O) groups excluding carboxylic acids is 1. The van der Waals surface area contributed by atoms with Crippen molar-refractivity contribution in [1.29, 1.82) is 0 Å². The number of nitrogens with one attached hydrogen (secondary N) is 3. The monoisotopic (exact) mass is 391 g/mol. The molecule has 29 heavy (non-hydrogen) atoms. The quantitative estimate of drug-likeness (QED) is 0.541. The molecule has 1 atom stereocenters. The highest BCUT2D eigenvalue weighted by Crippen LogP contribution is 2.31. The lowest BCUT2D eigenvalue weighted by atomic mass is 9.90. The summed E-state index contributed by atoms with van der Waals surface area (Å²) in [6.07, 6.45) is 1.61. The van der Waals surface area contributed by atoms with Crippen LogP contribution in [0.2, 0.25) is 0 Å². The van der Waals surface area contributed by atoms with E-state index in [1.807, 2.05) is 18.2 Å². The molecule has 0 aliphatic carbocycles. The summed E-state index contributed by atoms with van der Waals surface area (Å²) in [7, 11) is 1.79. The van der Waals surface area contributed by atoms with Crippen molar-refractivity contribution < 1.29 is 4.79 Å². The lowest BCUT2D eigenvalue weighted by Crippen LogP contribution is -2.44. The molecule has 6 heteroatoms. The topological polar surface area (TPSA) is 68.8 Å². The molecule has 0 aromatic heterocycles. The summed E-state index contributed by atoms with van der Waals surface area (Å²) in [5.41, 5.74) is 5.02. The Kier molecular flexibility index (Phi) is 6.10. The number of para-hydroxylation sites is 1. The van der Waals surface area contributed by atoms with E-state index in [0.29, 0.717) is 13.0 Å². The summed E-state index contributed by atoms with van der Waals surface area (Å²) < 4.78 is 0. The zero-order valence-corrected chi connectivity index (χ0v) is 16.9. The lowest BCUT2D eigenvalue weighted by molar-refractivity contribution is -0.116. The van der Waals surface area contributed by atoms with Gasteiger partial charge in [0.15, 0.2) is 5.96 Å². The predicted octanol–water partition coefficient (Wildman–Crippen LogP) is 2.34. The molecule has 0 saturated heterocycles. The number of aliphatic imine (C=N–C) groups is 1. The van der Waals surface area contributed by atoms with E-state index in [4.69, 9.17) is 0 Å². The zero-order valence-electron chi connectivity index (χ0n) is 16.9. The predicted molar refractivity (Wildman–Crippen MR) is 117 cm³/mol. The molecule has 0 fully saturated rings. The van der Waals surface area contributed by atoms with Crippen LogP contribution >= 0.6 is 0 Å². The Labute approximate surface area is 172 Å². The summed E-state index contributed by atoms with van der Waals surface area (Å²) in [5.74, 6) is 1.01. The number of fused-ring (bicyclic) bond motifs is 2. The fourth-order valence-corrected chi connectivity index (χ4v) is 4.20. The molecule has 1 amide bonds. The molecule has 2 aromatic carbocycles. The van der Waals surface area contributed by atoms with E-state index in [1.165, 1.54) is 16.7 Å². The van der Waals surface area contributed by atoms with Crippen LogP contribution in [0.1, 0.15) is 29.0 Å². The minimum atomic E-state index is 0.0730. The number of anilines is 1. The number of hydrogen-bond donors (Lipinski definition) is 3. The number of benzene rings is 2. The van der Waals surface area contributed by atoms with Crippen LogP contribution in [0.4, 0.5) is 5.69 Å². The van der Waals surface area contributed by atoms with Gasteiger partial charge in [0.1, 0.15) is 0 Å². The van der Waals surface area contributed by atoms with Gasteiger partial charge in [-0.15, -0.1) is 0 Å². The largest absolute Gasteiger partial charge is 0.356 e. The van der Waals surface area contributed by atoms with E-state index >= 15 is 0 Å². The maximum Gasteiger partial charge on any atom is 0.225 e. The van der Waals surface area contributed by atoms with Gasteiger partial charge in [0.25, 0.3) is 0 Å². The number of guanidine groups is 1. The minimum absolute atomic E-state index is 0.0730. The van der Waals surface area contributed by atoms with Crippen molar-refractivity contribution in [2.75, 3.05) is 38.5 Å². The average Bonchev–Trinajstić information content (AvgIpc) is 2.75. The van der Waals surface area contributed by atoms with Gasteiger partial charge >= 0.3 is 0 Å². The van der Waals surface area contributed by atoms with Gasteiger partial charge in [-0.1, -0.05) is 42.5 Å². The van der Waals surface area contributed by atoms with Gasteiger partial charge in [-0.25, -0.2) is 0 Å². The standard InChI is InChI=1S/C23H29N5O/c1-24-23(25-11-13-28-12-10-17-6-2-3-7-18(17)16-28)26-15-19-14-22(29)27-21-9-5-4-8-20(19)21/h2-9,19H,10-16H2,1H3,(H,27,29)(H2,24,25,26). The van der Waals surface area contributed by atoms with Crippen LogP contribution in [0.3, 0.4) is 0 Å². The summed E-state index contributed by atoms with van der Waals surface area (Å²) in [6.45, 7) is 4.60. The SMILES string of the molecule is CN=C(NCCN1CCc2ccccc2C1)NCC1CC(=O)Nc2ccccc21. The molecular formula is C23H29N5O. The van der Waals surface area contributed by atoms with Gasteiger partial charge < -0.3 is 16.0 Å². The minimum Gasteiger partial charge on any atom is -0.356 e. The Morgan fingerprint density at radius 3 is 2.79 bits per heavy atom. The molecule has 3 N–H and O–H groups in total. The normalized spacial score (nSPS) is 19.1. The van der Waals surface area contributed by atoms with Crippen molar-refractivity contribution in [1.82, 2.24) is 15.5 Å². The van der Waals surface area contributed by atoms with Gasteiger partial charge in [0, 0.05) is 57.8 Å². The first-order chi connectivity index (χ1) is 14.2. The smallest absolute Gasteiger partial charge is 0.225 e. The highest BCUT2D eigenvalue weighted by Gasteiger charge is 2.24. The van der Waals surface area contributed by atoms with Gasteiger partial charge in [0.05, 0.1) is 0 Å². The van der Waals surface area contributed by atoms with Crippen LogP contribution in [-0.2, 0) is 17.8 Å². The van der Waals surface area contributed by atoms with Gasteiger partial charge in [-0.05, 0) is 29.2 Å². The summed E-state index contributed by atoms with van der Waals surface area (Å²) >= 11 is 0. The molecular weight excluding hydrogens is 362 g/mol. The van der Waals surface area contributed by atoms with Crippen LogP contribution in [0, 0.1) is 0 Å². The fraction of sp³-hybridized carbons (Fsp3) is 0.391. The summed E-state index contributed by atoms with van der Waals surface area (Å²) in [5, 5.41) is 9.76. The van der Waals surface area contributed by atoms with Crippen LogP contribution in [0.5, 0.6) is 0 Å². The van der Waals surface area contributed by atoms with Crippen molar-refractivity contribution in [3.8, 4) is 0 Å². The number of amides is 1. The highest BCUT2D eigenvalue weighted by atomic mass is 16.1. The Morgan fingerprint density at radius 1 is 1.14 bits per heavy atom. The second kappa shape index (κ2) is 9.09. The molecule has 0 saturated carbocycles. The first-order valence-corrected chi connectivity index (χ1v) is 10.4. The summed E-state index contributed by atoms with van der Waals surface area (Å²) in [4.78, 5) is 18.8. The van der Waals surface area contributed by atoms with Crippen LogP contribution in [0.25, 0.3) is 0 Å². The first-order valence-electron chi connectivity index (χ1n) is 10.4. The van der Waals surface area contributed by atoms with E-state index in [9.17, 15) is 4.79 Å². The molecule has 4 rings (SSSR count). The fourth-order valence-electron chi connectivity index (χ4n) is 4.20. The van der Waals surface area contributed by atoms with Gasteiger partial charge in [0.2, 0.25) is 5.91 Å². The maximum atomic E-state index is 12.0. The number of nitrogens with zero attached hydrogens (tertiary/aromatic N) is 2. The number of rotatable bonds is 5. The van der Waals surface area contributed by atoms with E-state index in [1.54, 1.807) is 7.05 Å². The first kappa shape index (κ1) is 19.5. The third-order valence-corrected chi connectivity index (χ3v) is 5.78. The van der Waals surface area contributed by atoms with Crippen molar-refractivity contribution in [2.45, 2.75) is 25.3 Å². The van der Waals surface area contributed by atoms with E-state index in [0.717, 1.165) is 44.2 Å². The zero-order chi connectivity index (χ0) is 20.1. The van der Waals surface area contributed by atoms with Crippen LogP contribution in [-0.4, -0.2) is 50.0 Å². The Balaban J connectivity index is 1.25. The van der Waals surface area contributed by atoms with Crippen molar-refractivity contribution in [3.05, 3.63) is 65.2 Å². The average molecular weight is 392 g/mol. The molecule has 1 unspecified atom stereocenters. The Bertz CT molecular complexity index is 894. The van der Waals surface area contributed by atoms with Crippen LogP contribution < -0.4 is 16.0 Å². The third-order valence-electron chi connectivity index (χ3n) is 5.78. The Morgan fingerprint density at radius 2 is 1.93 bits per heavy atom. The number of hydrogen-bond acceptors (Lipinski definition) is 3. The maximum absolute atomic E-state index is 12.0. The molecule has 0 radical (unpaired) electrons. The molecule has 6 nitrogen and oxygen atoms in total. The second-order valence-electron chi connectivity index (χ2n) is 7.71. The van der Waals surface area contributed by atoms with E-state index < -0.39 is 0 Å². The van der Waals surface area contributed by atoms with Crippen molar-refractivity contribution >= 4 is 17.6 Å². The van der Waals surface area contributed by atoms with E-state index in [-0.39, 0.29) is 11.8 Å². The van der Waals surface area contributed by atoms with Crippen molar-refractivity contribution in [3.63, 3.8) is 0 Å². The summed E-state index contributed by atoms with van der Waals surface area (Å²) in [6, 6.07) is 16.7. The van der Waals surface area contributed by atoms with Crippen LogP contribution in [0.15, 0.2) is 53.5 Å². The van der Waals surface area contributed by atoms with E-state index in [2.05, 4.69) is 56.2 Å². The van der Waals surface area contributed by atoms with Crippen molar-refractivity contribution in [2.24, 2.45) is 4.99 Å². The second-order valence-corrected chi connectivity index (χ2v) is 7.71. The molecule has 152 valence electrons. The van der Waals surface area contributed by atoms with Gasteiger partial charge in [-0.3, -0.25) is 14.7 Å². The third kappa shape index (κ3) is 4.77. The lowest BCUT2D eigenvalue weighted by Gasteiger charge is -2.29. The van der Waals surface area contributed by atoms with Gasteiger partial charge in [-0.2, -0.15) is 0 Å². The Hall–Kier alpha value is -2.86. The highest BCUT2D eigenvalue weighted by molar-refractivity contribution is 5.94. The molecule has 2 heterocycles. The molecule has 0 bridgehead atoms. The molecule has 2 aromatic rings. The number of carbonyl (C=O) groups is 1.